The molecule has 2 amide bonds. The second-order valence-electron chi connectivity index (χ2n) is 7.88. The lowest BCUT2D eigenvalue weighted by Gasteiger charge is -2.25. The van der Waals surface area contributed by atoms with E-state index in [0.29, 0.717) is 29.7 Å². The van der Waals surface area contributed by atoms with E-state index >= 15 is 0 Å². The third-order valence-electron chi connectivity index (χ3n) is 5.58. The normalized spacial score (nSPS) is 18.8. The molecule has 0 unspecified atom stereocenters. The van der Waals surface area contributed by atoms with Crippen LogP contribution in [0.2, 0.25) is 0 Å². The van der Waals surface area contributed by atoms with Crippen molar-refractivity contribution in [2.45, 2.75) is 38.7 Å². The molecule has 2 fully saturated rings. The third kappa shape index (κ3) is 5.62. The Morgan fingerprint density at radius 1 is 1.03 bits per heavy atom. The fourth-order valence-electron chi connectivity index (χ4n) is 3.97. The lowest BCUT2D eigenvalue weighted by Crippen LogP contribution is -2.34. The molecule has 2 aromatic carbocycles. The molecule has 0 aromatic heterocycles. The van der Waals surface area contributed by atoms with Crippen LogP contribution in [0.3, 0.4) is 0 Å². The minimum absolute atomic E-state index is 0.164. The first-order valence-electron chi connectivity index (χ1n) is 10.4. The topological polar surface area (TPSA) is 46.6 Å². The molecule has 4 rings (SSSR count). The van der Waals surface area contributed by atoms with E-state index in [2.05, 4.69) is 31.9 Å². The molecular weight excluding hydrogens is 542 g/mol. The number of carbonyl (C=O) groups is 2. The number of imide groups is 1. The molecule has 162 valence electrons. The number of hydrogen-bond donors (Lipinski definition) is 0. The predicted molar refractivity (Wildman–Crippen MR) is 132 cm³/mol. The van der Waals surface area contributed by atoms with Gasteiger partial charge in [-0.1, -0.05) is 49.6 Å². The van der Waals surface area contributed by atoms with E-state index in [1.54, 1.807) is 6.08 Å². The summed E-state index contributed by atoms with van der Waals surface area (Å²) in [5.41, 5.74) is 1.91. The number of nitrogens with zero attached hydrogens (tertiary/aromatic N) is 1. The number of amides is 2. The lowest BCUT2D eigenvalue weighted by molar-refractivity contribution is -0.123. The van der Waals surface area contributed by atoms with Crippen LogP contribution in [0.25, 0.3) is 6.08 Å². The van der Waals surface area contributed by atoms with Crippen LogP contribution in [0.1, 0.15) is 43.2 Å². The van der Waals surface area contributed by atoms with E-state index in [-0.39, 0.29) is 11.1 Å². The Hall–Kier alpha value is -1.57. The molecule has 2 aromatic rings. The van der Waals surface area contributed by atoms with Crippen LogP contribution < -0.4 is 4.74 Å². The van der Waals surface area contributed by atoms with Crippen molar-refractivity contribution >= 4 is 60.8 Å². The Bertz CT molecular complexity index is 980. The average molecular weight is 565 g/mol. The van der Waals surface area contributed by atoms with Crippen LogP contribution in [0, 0.1) is 5.92 Å². The van der Waals surface area contributed by atoms with Gasteiger partial charge in [-0.15, -0.1) is 0 Å². The Morgan fingerprint density at radius 3 is 2.39 bits per heavy atom. The second-order valence-corrected chi connectivity index (χ2v) is 10.6. The number of halogens is 2. The van der Waals surface area contributed by atoms with Gasteiger partial charge in [-0.25, -0.2) is 0 Å². The van der Waals surface area contributed by atoms with Gasteiger partial charge in [0.2, 0.25) is 0 Å². The molecule has 1 aliphatic carbocycles. The first-order chi connectivity index (χ1) is 15.0. The van der Waals surface area contributed by atoms with Gasteiger partial charge in [0.05, 0.1) is 13.9 Å². The number of rotatable bonds is 6. The van der Waals surface area contributed by atoms with E-state index in [9.17, 15) is 9.59 Å². The van der Waals surface area contributed by atoms with E-state index in [0.717, 1.165) is 44.7 Å². The van der Waals surface area contributed by atoms with Crippen molar-refractivity contribution in [3.05, 3.63) is 67.4 Å². The van der Waals surface area contributed by atoms with Crippen LogP contribution in [0.15, 0.2) is 56.3 Å². The molecule has 1 aliphatic heterocycles. The molecule has 0 radical (unpaired) electrons. The standard InChI is InChI=1S/C24H23Br2NO3S/c25-19-11-18(12-20(26)22(19)30-15-17-9-5-2-6-10-17)13-21-23(28)27(24(29)31-21)14-16-7-3-1-4-8-16/h2,5-6,9-13,16H,1,3-4,7-8,14-15H2/b21-13+. The van der Waals surface area contributed by atoms with Crippen molar-refractivity contribution in [2.75, 3.05) is 6.54 Å². The van der Waals surface area contributed by atoms with Crippen LogP contribution >= 0.6 is 43.6 Å². The summed E-state index contributed by atoms with van der Waals surface area (Å²) in [4.78, 5) is 27.2. The van der Waals surface area contributed by atoms with Crippen LogP contribution in [0.4, 0.5) is 4.79 Å². The maximum atomic E-state index is 12.9. The summed E-state index contributed by atoms with van der Waals surface area (Å²) in [5, 5.41) is -0.164. The quantitative estimate of drug-likeness (QED) is 0.343. The van der Waals surface area contributed by atoms with E-state index < -0.39 is 0 Å². The Labute approximate surface area is 203 Å². The second kappa shape index (κ2) is 10.4. The highest BCUT2D eigenvalue weighted by Crippen LogP contribution is 2.38. The van der Waals surface area contributed by atoms with Gasteiger partial charge in [-0.05, 0) is 91.7 Å². The monoisotopic (exact) mass is 563 g/mol. The van der Waals surface area contributed by atoms with Gasteiger partial charge in [0.1, 0.15) is 12.4 Å². The molecule has 1 saturated heterocycles. The van der Waals surface area contributed by atoms with Gasteiger partial charge in [0.25, 0.3) is 11.1 Å². The van der Waals surface area contributed by atoms with Crippen molar-refractivity contribution in [1.29, 1.82) is 0 Å². The van der Waals surface area contributed by atoms with E-state index in [1.807, 2.05) is 42.5 Å². The lowest BCUT2D eigenvalue weighted by atomic mass is 9.89. The van der Waals surface area contributed by atoms with Crippen molar-refractivity contribution in [3.63, 3.8) is 0 Å². The summed E-state index contributed by atoms with van der Waals surface area (Å²) in [7, 11) is 0. The number of hydrogen-bond acceptors (Lipinski definition) is 4. The zero-order valence-corrected chi connectivity index (χ0v) is 21.0. The largest absolute Gasteiger partial charge is 0.487 e. The Morgan fingerprint density at radius 2 is 1.71 bits per heavy atom. The zero-order chi connectivity index (χ0) is 21.8. The van der Waals surface area contributed by atoms with Gasteiger partial charge >= 0.3 is 0 Å². The third-order valence-corrected chi connectivity index (χ3v) is 7.67. The minimum Gasteiger partial charge on any atom is -0.487 e. The first kappa shape index (κ1) is 22.6. The highest BCUT2D eigenvalue weighted by Gasteiger charge is 2.36. The zero-order valence-electron chi connectivity index (χ0n) is 17.0. The number of thioether (sulfide) groups is 1. The molecule has 2 aliphatic rings. The first-order valence-corrected chi connectivity index (χ1v) is 12.8. The fourth-order valence-corrected chi connectivity index (χ4v) is 6.27. The summed E-state index contributed by atoms with van der Waals surface area (Å²) in [6.45, 7) is 0.999. The Balaban J connectivity index is 1.46. The minimum atomic E-state index is -0.183. The maximum absolute atomic E-state index is 12.9. The molecule has 1 heterocycles. The van der Waals surface area contributed by atoms with Crippen molar-refractivity contribution in [1.82, 2.24) is 4.90 Å². The van der Waals surface area contributed by atoms with Crippen LogP contribution in [-0.2, 0) is 11.4 Å². The van der Waals surface area contributed by atoms with E-state index in [1.165, 1.54) is 24.2 Å². The van der Waals surface area contributed by atoms with Crippen molar-refractivity contribution in [3.8, 4) is 5.75 Å². The summed E-state index contributed by atoms with van der Waals surface area (Å²) in [6.07, 6.45) is 7.63. The molecule has 0 spiro atoms. The van der Waals surface area contributed by atoms with Gasteiger partial charge < -0.3 is 4.74 Å². The molecule has 0 N–H and O–H groups in total. The maximum Gasteiger partial charge on any atom is 0.293 e. The van der Waals surface area contributed by atoms with Gasteiger partial charge in [-0.3, -0.25) is 14.5 Å². The summed E-state index contributed by atoms with van der Waals surface area (Å²) in [6, 6.07) is 13.8. The summed E-state index contributed by atoms with van der Waals surface area (Å²) >= 11 is 8.17. The van der Waals surface area contributed by atoms with Crippen LogP contribution in [-0.4, -0.2) is 22.6 Å². The number of carbonyl (C=O) groups excluding carboxylic acids is 2. The summed E-state index contributed by atoms with van der Waals surface area (Å²) in [5.74, 6) is 0.953. The molecule has 31 heavy (non-hydrogen) atoms. The van der Waals surface area contributed by atoms with Crippen LogP contribution in [0.5, 0.6) is 5.75 Å². The Kier molecular flexibility index (Phi) is 7.56. The molecular formula is C24H23Br2NO3S. The fraction of sp³-hybridized carbons (Fsp3) is 0.333. The van der Waals surface area contributed by atoms with Crippen molar-refractivity contribution < 1.29 is 14.3 Å². The summed E-state index contributed by atoms with van der Waals surface area (Å²) < 4.78 is 7.54. The van der Waals surface area contributed by atoms with Crippen molar-refractivity contribution in [2.24, 2.45) is 5.92 Å². The molecule has 0 atom stereocenters. The highest BCUT2D eigenvalue weighted by molar-refractivity contribution is 9.11. The van der Waals surface area contributed by atoms with E-state index in [4.69, 9.17) is 4.74 Å². The molecule has 1 saturated carbocycles. The molecule has 7 heteroatoms. The molecule has 0 bridgehead atoms. The molecule has 4 nitrogen and oxygen atoms in total. The van der Waals surface area contributed by atoms with Gasteiger partial charge in [-0.2, -0.15) is 0 Å². The average Bonchev–Trinajstić information content (AvgIpc) is 3.02. The number of ether oxygens (including phenoxy) is 1. The smallest absolute Gasteiger partial charge is 0.293 e. The number of benzene rings is 2. The SMILES string of the molecule is O=C1S/C(=C/c2cc(Br)c(OCc3ccccc3)c(Br)c2)C(=O)N1CC1CCCCC1. The van der Waals surface area contributed by atoms with Gasteiger partial charge in [0.15, 0.2) is 0 Å². The predicted octanol–water partition coefficient (Wildman–Crippen LogP) is 7.41. The van der Waals surface area contributed by atoms with Gasteiger partial charge in [0, 0.05) is 6.54 Å². The highest BCUT2D eigenvalue weighted by atomic mass is 79.9.